The Kier molecular flexibility index (Phi) is 7.07. The van der Waals surface area contributed by atoms with Crippen molar-refractivity contribution in [1.29, 1.82) is 0 Å². The highest BCUT2D eigenvalue weighted by atomic mass is 15.0. The molecule has 0 aliphatic heterocycles. The molecule has 0 radical (unpaired) electrons. The normalized spacial score (nSPS) is 10.9. The molecular weight excluding hydrogens is 460 g/mol. The topological polar surface area (TPSA) is 9.86 Å². The van der Waals surface area contributed by atoms with E-state index in [1.807, 2.05) is 27.7 Å². The average molecular weight is 497 g/mol. The van der Waals surface area contributed by atoms with Crippen LogP contribution in [0.25, 0.3) is 55.0 Å². The number of hydrogen-bond acceptors (Lipinski definition) is 0. The smallest absolute Gasteiger partial charge is 0.0548 e. The van der Waals surface area contributed by atoms with Gasteiger partial charge >= 0.3 is 0 Å². The molecule has 0 aliphatic carbocycles. The first kappa shape index (κ1) is 25.4. The fourth-order valence-electron chi connectivity index (χ4n) is 5.37. The van der Waals surface area contributed by atoms with Crippen LogP contribution in [0.4, 0.5) is 0 Å². The second-order valence-corrected chi connectivity index (χ2v) is 9.26. The van der Waals surface area contributed by atoms with Crippen LogP contribution in [0.5, 0.6) is 0 Å². The van der Waals surface area contributed by atoms with E-state index in [-0.39, 0.29) is 0 Å². The maximum absolute atomic E-state index is 2.40. The maximum atomic E-state index is 2.40. The summed E-state index contributed by atoms with van der Waals surface area (Å²) in [6.45, 7) is 12.3. The number of para-hydroxylation sites is 2. The predicted molar refractivity (Wildman–Crippen MR) is 167 cm³/mol. The van der Waals surface area contributed by atoms with Crippen LogP contribution < -0.4 is 0 Å². The van der Waals surface area contributed by atoms with Gasteiger partial charge in [-0.3, -0.25) is 0 Å². The lowest BCUT2D eigenvalue weighted by atomic mass is 10.1. The van der Waals surface area contributed by atoms with Gasteiger partial charge in [0.1, 0.15) is 0 Å². The molecule has 2 heterocycles. The van der Waals surface area contributed by atoms with Gasteiger partial charge in [-0.05, 0) is 62.4 Å². The van der Waals surface area contributed by atoms with Gasteiger partial charge in [0.25, 0.3) is 0 Å². The minimum absolute atomic E-state index is 1.19. The van der Waals surface area contributed by atoms with Crippen molar-refractivity contribution in [3.05, 3.63) is 120 Å². The van der Waals surface area contributed by atoms with E-state index in [1.165, 1.54) is 66.1 Å². The van der Waals surface area contributed by atoms with Crippen molar-refractivity contribution < 1.29 is 0 Å². The molecule has 0 saturated heterocycles. The summed E-state index contributed by atoms with van der Waals surface area (Å²) < 4.78 is 4.81. The molecule has 2 nitrogen and oxygen atoms in total. The van der Waals surface area contributed by atoms with Crippen LogP contribution in [0.1, 0.15) is 38.8 Å². The predicted octanol–water partition coefficient (Wildman–Crippen LogP) is 10.6. The van der Waals surface area contributed by atoms with Crippen LogP contribution >= 0.6 is 0 Å². The van der Waals surface area contributed by atoms with Crippen molar-refractivity contribution in [2.45, 2.75) is 41.5 Å². The van der Waals surface area contributed by atoms with Gasteiger partial charge in [0.05, 0.1) is 22.1 Å². The molecule has 7 rings (SSSR count). The molecule has 7 aromatic rings. The fourth-order valence-corrected chi connectivity index (χ4v) is 5.37. The molecule has 2 aromatic heterocycles. The average Bonchev–Trinajstić information content (AvgIpc) is 3.47. The highest BCUT2D eigenvalue weighted by Crippen LogP contribution is 2.39. The first-order valence-electron chi connectivity index (χ1n) is 13.8. The van der Waals surface area contributed by atoms with Crippen molar-refractivity contribution in [3.8, 4) is 11.4 Å². The van der Waals surface area contributed by atoms with Crippen LogP contribution in [0.2, 0.25) is 0 Å². The summed E-state index contributed by atoms with van der Waals surface area (Å²) in [7, 11) is 0. The van der Waals surface area contributed by atoms with E-state index >= 15 is 0 Å². The molecule has 0 aliphatic rings. The number of hydrogen-bond donors (Lipinski definition) is 0. The molecule has 0 unspecified atom stereocenters. The zero-order chi connectivity index (χ0) is 26.8. The lowest BCUT2D eigenvalue weighted by Gasteiger charge is -2.09. The van der Waals surface area contributed by atoms with Crippen LogP contribution in [-0.2, 0) is 0 Å². The van der Waals surface area contributed by atoms with Gasteiger partial charge in [0.15, 0.2) is 0 Å². The van der Waals surface area contributed by atoms with Crippen LogP contribution in [0, 0.1) is 13.8 Å². The Bertz CT molecular complexity index is 1710. The molecule has 190 valence electrons. The van der Waals surface area contributed by atoms with Gasteiger partial charge in [-0.1, -0.05) is 99.5 Å². The monoisotopic (exact) mass is 496 g/mol. The molecule has 0 bridgehead atoms. The third-order valence-corrected chi connectivity index (χ3v) is 7.05. The SMILES string of the molecule is CC.CC.Cc1ccc(-n2c3ccccc3c3cc4c(cc32)c2ccccc2n4-c2ccc(C)cc2)cc1. The standard InChI is InChI=1S/C32H24N2.2C2H6/c1-21-11-15-23(16-12-21)33-29-9-5-3-7-25(29)27-20-32-28(19-31(27)33)26-8-4-6-10-30(26)34(32)24-17-13-22(2)14-18-24;2*1-2/h3-20H,1-2H3;2*1-2H3. The van der Waals surface area contributed by atoms with Gasteiger partial charge in [-0.15, -0.1) is 0 Å². The highest BCUT2D eigenvalue weighted by molar-refractivity contribution is 6.18. The maximum Gasteiger partial charge on any atom is 0.0548 e. The summed E-state index contributed by atoms with van der Waals surface area (Å²) in [5.74, 6) is 0. The number of fused-ring (bicyclic) bond motifs is 6. The number of aromatic nitrogens is 2. The lowest BCUT2D eigenvalue weighted by Crippen LogP contribution is -1.94. The first-order valence-corrected chi connectivity index (χ1v) is 13.8. The zero-order valence-corrected chi connectivity index (χ0v) is 23.3. The van der Waals surface area contributed by atoms with Gasteiger partial charge in [-0.25, -0.2) is 0 Å². The molecule has 0 N–H and O–H groups in total. The summed E-state index contributed by atoms with van der Waals surface area (Å²) in [4.78, 5) is 0. The molecule has 38 heavy (non-hydrogen) atoms. The van der Waals surface area contributed by atoms with E-state index in [9.17, 15) is 0 Å². The summed E-state index contributed by atoms with van der Waals surface area (Å²) >= 11 is 0. The van der Waals surface area contributed by atoms with Crippen molar-refractivity contribution in [1.82, 2.24) is 9.13 Å². The Morgan fingerprint density at radius 2 is 0.711 bits per heavy atom. The van der Waals surface area contributed by atoms with Crippen LogP contribution in [-0.4, -0.2) is 9.13 Å². The third-order valence-electron chi connectivity index (χ3n) is 7.05. The first-order chi connectivity index (χ1) is 18.7. The Morgan fingerprint density at radius 1 is 0.368 bits per heavy atom. The Morgan fingerprint density at radius 3 is 1.08 bits per heavy atom. The van der Waals surface area contributed by atoms with E-state index in [0.717, 1.165) is 0 Å². The quantitative estimate of drug-likeness (QED) is 0.225. The van der Waals surface area contributed by atoms with E-state index in [0.29, 0.717) is 0 Å². The zero-order valence-electron chi connectivity index (χ0n) is 23.3. The van der Waals surface area contributed by atoms with Crippen molar-refractivity contribution in [2.24, 2.45) is 0 Å². The number of rotatable bonds is 2. The molecule has 5 aromatic carbocycles. The molecular formula is C36H36N2. The number of aryl methyl sites for hydroxylation is 2. The van der Waals surface area contributed by atoms with Crippen LogP contribution in [0.3, 0.4) is 0 Å². The molecule has 0 atom stereocenters. The van der Waals surface area contributed by atoms with Gasteiger partial charge in [-0.2, -0.15) is 0 Å². The Hall–Kier alpha value is -4.30. The minimum atomic E-state index is 1.19. The van der Waals surface area contributed by atoms with E-state index < -0.39 is 0 Å². The van der Waals surface area contributed by atoms with E-state index in [2.05, 4.69) is 132 Å². The van der Waals surface area contributed by atoms with E-state index in [4.69, 9.17) is 0 Å². The molecule has 0 fully saturated rings. The molecule has 0 amide bonds. The minimum Gasteiger partial charge on any atom is -0.309 e. The molecule has 0 spiro atoms. The number of nitrogens with zero attached hydrogens (tertiary/aromatic N) is 2. The fraction of sp³-hybridized carbons (Fsp3) is 0.167. The third kappa shape index (κ3) is 4.07. The van der Waals surface area contributed by atoms with Crippen molar-refractivity contribution >= 4 is 43.6 Å². The second-order valence-electron chi connectivity index (χ2n) is 9.26. The van der Waals surface area contributed by atoms with Crippen molar-refractivity contribution in [3.63, 3.8) is 0 Å². The number of benzene rings is 5. The second kappa shape index (κ2) is 10.6. The van der Waals surface area contributed by atoms with Gasteiger partial charge in [0.2, 0.25) is 0 Å². The highest BCUT2D eigenvalue weighted by Gasteiger charge is 2.18. The van der Waals surface area contributed by atoms with E-state index in [1.54, 1.807) is 0 Å². The Balaban J connectivity index is 0.000000704. The molecule has 0 saturated carbocycles. The summed E-state index contributed by atoms with van der Waals surface area (Å²) in [6, 6.07) is 39.9. The summed E-state index contributed by atoms with van der Waals surface area (Å²) in [5.41, 5.74) is 9.88. The van der Waals surface area contributed by atoms with Gasteiger partial charge < -0.3 is 9.13 Å². The van der Waals surface area contributed by atoms with Crippen LogP contribution in [0.15, 0.2) is 109 Å². The van der Waals surface area contributed by atoms with Crippen molar-refractivity contribution in [2.75, 3.05) is 0 Å². The summed E-state index contributed by atoms with van der Waals surface area (Å²) in [6.07, 6.45) is 0. The summed E-state index contributed by atoms with van der Waals surface area (Å²) in [5, 5.41) is 5.11. The lowest BCUT2D eigenvalue weighted by molar-refractivity contribution is 1.17. The Labute approximate surface area is 225 Å². The van der Waals surface area contributed by atoms with Gasteiger partial charge in [0, 0.05) is 32.9 Å². The largest absolute Gasteiger partial charge is 0.309 e. The molecule has 2 heteroatoms.